The maximum atomic E-state index is 13.1. The topological polar surface area (TPSA) is 101 Å². The van der Waals surface area contributed by atoms with Crippen molar-refractivity contribution in [2.24, 2.45) is 28.6 Å². The average molecular weight is 449 g/mol. The molecular weight excluding hydrogens is 420 g/mol. The molecule has 7 heteroatoms. The van der Waals surface area contributed by atoms with E-state index in [0.717, 1.165) is 5.57 Å². The molecule has 2 saturated carbocycles. The van der Waals surface area contributed by atoms with Gasteiger partial charge in [0, 0.05) is 23.7 Å². The maximum Gasteiger partial charge on any atom is 0.303 e. The number of aliphatic hydroxyl groups is 2. The second kappa shape index (κ2) is 6.87. The number of Topliss-reactive ketones (excluding diaryl/α,β-unsaturated/α-hetero) is 1. The first-order chi connectivity index (χ1) is 14.3. The van der Waals surface area contributed by atoms with Crippen LogP contribution in [0.5, 0.6) is 0 Å². The summed E-state index contributed by atoms with van der Waals surface area (Å²) in [4.78, 5) is 35.1. The molecule has 168 valence electrons. The summed E-state index contributed by atoms with van der Waals surface area (Å²) in [5.41, 5.74) is -2.73. The fourth-order valence-electron chi connectivity index (χ4n) is 6.88. The first-order valence-electron chi connectivity index (χ1n) is 10.7. The molecule has 31 heavy (non-hydrogen) atoms. The summed E-state index contributed by atoms with van der Waals surface area (Å²) in [6, 6.07) is 0. The number of ether oxygens (including phenoxy) is 1. The molecule has 6 nitrogen and oxygen atoms in total. The predicted molar refractivity (Wildman–Crippen MR) is 114 cm³/mol. The lowest BCUT2D eigenvalue weighted by Gasteiger charge is -2.62. The second-order valence-electron chi connectivity index (χ2n) is 10.0. The molecule has 0 aromatic carbocycles. The first kappa shape index (κ1) is 22.4. The number of carbonyl (C=O) groups is 3. The molecule has 0 aromatic rings. The van der Waals surface area contributed by atoms with Gasteiger partial charge in [-0.05, 0) is 42.4 Å². The van der Waals surface area contributed by atoms with Crippen molar-refractivity contribution < 1.29 is 29.3 Å². The SMILES string of the molecule is CC(=O)OCC(=O)[C@@]1(O)[C@H](C)C[C@H]2[C@@H]3C=CC4=CC(=O)C=C[C@]4(C)[C@@]3(Cl)[C@@H](O)C[C@@]21C. The molecule has 2 N–H and O–H groups in total. The third-order valence-corrected chi connectivity index (χ3v) is 9.52. The summed E-state index contributed by atoms with van der Waals surface area (Å²) in [5, 5.41) is 23.2. The van der Waals surface area contributed by atoms with Crippen LogP contribution in [-0.4, -0.2) is 50.9 Å². The summed E-state index contributed by atoms with van der Waals surface area (Å²) in [7, 11) is 0. The number of allylic oxidation sites excluding steroid dienone is 6. The molecular formula is C24H29ClO6. The normalized spacial score (nSPS) is 47.8. The Morgan fingerprint density at radius 2 is 1.97 bits per heavy atom. The molecule has 4 rings (SSSR count). The fourth-order valence-corrected chi connectivity index (χ4v) is 7.36. The van der Waals surface area contributed by atoms with Crippen LogP contribution in [0, 0.1) is 28.6 Å². The third-order valence-electron chi connectivity index (χ3n) is 8.62. The molecule has 0 bridgehead atoms. The highest BCUT2D eigenvalue weighted by molar-refractivity contribution is 6.26. The minimum atomic E-state index is -1.75. The van der Waals surface area contributed by atoms with Gasteiger partial charge in [-0.15, -0.1) is 11.6 Å². The summed E-state index contributed by atoms with van der Waals surface area (Å²) in [6.07, 6.45) is 8.22. The van der Waals surface area contributed by atoms with E-state index < -0.39 is 51.7 Å². The van der Waals surface area contributed by atoms with Crippen LogP contribution in [0.2, 0.25) is 0 Å². The van der Waals surface area contributed by atoms with Gasteiger partial charge in [-0.25, -0.2) is 0 Å². The number of alkyl halides is 1. The quantitative estimate of drug-likeness (QED) is 0.508. The number of esters is 1. The van der Waals surface area contributed by atoms with Crippen LogP contribution in [0.1, 0.15) is 40.5 Å². The van der Waals surface area contributed by atoms with Crippen molar-refractivity contribution in [3.05, 3.63) is 36.0 Å². The van der Waals surface area contributed by atoms with Crippen LogP contribution in [0.3, 0.4) is 0 Å². The van der Waals surface area contributed by atoms with Crippen LogP contribution >= 0.6 is 11.6 Å². The second-order valence-corrected chi connectivity index (χ2v) is 10.7. The van der Waals surface area contributed by atoms with Crippen molar-refractivity contribution in [2.75, 3.05) is 6.61 Å². The lowest BCUT2D eigenvalue weighted by Crippen LogP contribution is -2.68. The zero-order chi connectivity index (χ0) is 23.0. The molecule has 0 heterocycles. The van der Waals surface area contributed by atoms with Gasteiger partial charge in [0.05, 0.1) is 11.0 Å². The highest BCUT2D eigenvalue weighted by Gasteiger charge is 2.74. The van der Waals surface area contributed by atoms with E-state index in [1.54, 1.807) is 12.2 Å². The Bertz CT molecular complexity index is 952. The van der Waals surface area contributed by atoms with Crippen LogP contribution < -0.4 is 0 Å². The lowest BCUT2D eigenvalue weighted by molar-refractivity contribution is -0.178. The summed E-state index contributed by atoms with van der Waals surface area (Å²) < 4.78 is 4.90. The van der Waals surface area contributed by atoms with Crippen molar-refractivity contribution in [2.45, 2.75) is 57.1 Å². The monoisotopic (exact) mass is 448 g/mol. The van der Waals surface area contributed by atoms with Gasteiger partial charge in [-0.2, -0.15) is 0 Å². The first-order valence-corrected chi connectivity index (χ1v) is 11.1. The smallest absolute Gasteiger partial charge is 0.303 e. The van der Waals surface area contributed by atoms with Gasteiger partial charge in [-0.3, -0.25) is 14.4 Å². The Balaban J connectivity index is 1.80. The zero-order valence-corrected chi connectivity index (χ0v) is 19.0. The maximum absolute atomic E-state index is 13.1. The van der Waals surface area contributed by atoms with Gasteiger partial charge in [0.15, 0.2) is 12.4 Å². The number of ketones is 2. The minimum absolute atomic E-state index is 0.114. The van der Waals surface area contributed by atoms with E-state index in [9.17, 15) is 24.6 Å². The molecule has 2 fully saturated rings. The minimum Gasteiger partial charge on any atom is -0.458 e. The van der Waals surface area contributed by atoms with Gasteiger partial charge in [0.2, 0.25) is 5.78 Å². The van der Waals surface area contributed by atoms with Gasteiger partial charge in [-0.1, -0.05) is 39.0 Å². The summed E-state index contributed by atoms with van der Waals surface area (Å²) in [6.45, 7) is 6.28. The summed E-state index contributed by atoms with van der Waals surface area (Å²) >= 11 is 7.30. The highest BCUT2D eigenvalue weighted by Crippen LogP contribution is 2.70. The molecule has 0 spiro atoms. The van der Waals surface area contributed by atoms with Gasteiger partial charge in [0.1, 0.15) is 5.60 Å². The van der Waals surface area contributed by atoms with Crippen LogP contribution in [0.25, 0.3) is 0 Å². The summed E-state index contributed by atoms with van der Waals surface area (Å²) in [5.74, 6) is -2.18. The van der Waals surface area contributed by atoms with Crippen LogP contribution in [0.4, 0.5) is 0 Å². The molecule has 8 atom stereocenters. The Hall–Kier alpha value is -1.76. The number of hydrogen-bond acceptors (Lipinski definition) is 6. The fraction of sp³-hybridized carbons (Fsp3) is 0.625. The Kier molecular flexibility index (Phi) is 4.97. The zero-order valence-electron chi connectivity index (χ0n) is 18.2. The standard InChI is InChI=1S/C24H29ClO6/c1-13-9-18-17-6-5-15-10-16(27)7-8-21(15,3)23(17,25)19(28)11-22(18,4)24(13,30)20(29)12-31-14(2)26/h5-8,10,13,17-19,28,30H,9,11-12H2,1-4H3/t13-,17+,18+,19+,21+,22+,23+,24+/m1/s1. The van der Waals surface area contributed by atoms with E-state index in [2.05, 4.69) is 0 Å². The number of fused-ring (bicyclic) bond motifs is 5. The molecule has 4 aliphatic rings. The molecule has 4 aliphatic carbocycles. The molecule has 0 aromatic heterocycles. The largest absolute Gasteiger partial charge is 0.458 e. The lowest BCUT2D eigenvalue weighted by atomic mass is 9.47. The van der Waals surface area contributed by atoms with Crippen LogP contribution in [-0.2, 0) is 19.1 Å². The third kappa shape index (κ3) is 2.68. The predicted octanol–water partition coefficient (Wildman–Crippen LogP) is 2.51. The van der Waals surface area contributed by atoms with E-state index in [1.807, 2.05) is 32.9 Å². The molecule has 0 unspecified atom stereocenters. The molecule has 0 aliphatic heterocycles. The van der Waals surface area contributed by atoms with Crippen molar-refractivity contribution in [1.29, 1.82) is 0 Å². The Morgan fingerprint density at radius 1 is 1.29 bits per heavy atom. The van der Waals surface area contributed by atoms with E-state index >= 15 is 0 Å². The van der Waals surface area contributed by atoms with E-state index in [-0.39, 0.29) is 24.0 Å². The van der Waals surface area contributed by atoms with Gasteiger partial charge in [0.25, 0.3) is 0 Å². The molecule has 0 amide bonds. The number of halogens is 1. The highest BCUT2D eigenvalue weighted by atomic mass is 35.5. The van der Waals surface area contributed by atoms with Crippen molar-refractivity contribution in [3.63, 3.8) is 0 Å². The van der Waals surface area contributed by atoms with E-state index in [1.165, 1.54) is 13.0 Å². The van der Waals surface area contributed by atoms with Gasteiger partial charge >= 0.3 is 5.97 Å². The van der Waals surface area contributed by atoms with E-state index in [0.29, 0.717) is 6.42 Å². The number of aliphatic hydroxyl groups excluding tert-OH is 1. The number of rotatable bonds is 3. The van der Waals surface area contributed by atoms with Crippen molar-refractivity contribution >= 4 is 29.1 Å². The molecule has 0 saturated heterocycles. The van der Waals surface area contributed by atoms with Crippen molar-refractivity contribution in [1.82, 2.24) is 0 Å². The van der Waals surface area contributed by atoms with Crippen LogP contribution in [0.15, 0.2) is 36.0 Å². The van der Waals surface area contributed by atoms with Gasteiger partial charge < -0.3 is 14.9 Å². The Labute approximate surface area is 187 Å². The van der Waals surface area contributed by atoms with Crippen molar-refractivity contribution in [3.8, 4) is 0 Å². The number of hydrogen-bond donors (Lipinski definition) is 2. The average Bonchev–Trinajstić information content (AvgIpc) is 2.89. The van der Waals surface area contributed by atoms with E-state index in [4.69, 9.17) is 16.3 Å². The number of carbonyl (C=O) groups excluding carboxylic acids is 3. The Morgan fingerprint density at radius 3 is 2.61 bits per heavy atom. The molecule has 0 radical (unpaired) electrons.